The minimum absolute atomic E-state index is 0.267. The van der Waals surface area contributed by atoms with Crippen molar-refractivity contribution < 1.29 is 9.53 Å². The summed E-state index contributed by atoms with van der Waals surface area (Å²) in [5.74, 6) is 0.202. The first-order valence-electron chi connectivity index (χ1n) is 7.42. The van der Waals surface area contributed by atoms with E-state index in [-0.39, 0.29) is 5.97 Å². The molecule has 0 amide bonds. The van der Waals surface area contributed by atoms with Crippen LogP contribution in [0.15, 0.2) is 47.6 Å². The molecule has 112 valence electrons. The van der Waals surface area contributed by atoms with E-state index < -0.39 is 0 Å². The Labute approximate surface area is 123 Å². The summed E-state index contributed by atoms with van der Waals surface area (Å²) in [7, 11) is 0. The highest BCUT2D eigenvalue weighted by molar-refractivity contribution is 5.91. The van der Waals surface area contributed by atoms with E-state index in [9.17, 15) is 4.79 Å². The SMILES string of the molecule is C/C=C(\C=C/CC)COC(=O)C(/C=C\C(C)CC)=C/C. The van der Waals surface area contributed by atoms with Crippen LogP contribution in [0.2, 0.25) is 0 Å². The molecule has 0 N–H and O–H groups in total. The van der Waals surface area contributed by atoms with Gasteiger partial charge in [-0.25, -0.2) is 4.79 Å². The van der Waals surface area contributed by atoms with Gasteiger partial charge in [0, 0.05) is 0 Å². The summed E-state index contributed by atoms with van der Waals surface area (Å²) in [5, 5.41) is 0. The first-order chi connectivity index (χ1) is 9.58. The van der Waals surface area contributed by atoms with Crippen LogP contribution in [0.1, 0.15) is 47.5 Å². The molecule has 2 heteroatoms. The van der Waals surface area contributed by atoms with E-state index in [1.165, 1.54) is 0 Å². The molecule has 0 aliphatic rings. The molecule has 0 heterocycles. The first-order valence-corrected chi connectivity index (χ1v) is 7.42. The van der Waals surface area contributed by atoms with Crippen molar-refractivity contribution >= 4 is 5.97 Å². The Morgan fingerprint density at radius 1 is 1.15 bits per heavy atom. The number of carbonyl (C=O) groups is 1. The van der Waals surface area contributed by atoms with Crippen LogP contribution in [0.25, 0.3) is 0 Å². The van der Waals surface area contributed by atoms with E-state index in [1.54, 1.807) is 6.08 Å². The van der Waals surface area contributed by atoms with Gasteiger partial charge in [0.15, 0.2) is 0 Å². The van der Waals surface area contributed by atoms with Gasteiger partial charge in [0.1, 0.15) is 6.61 Å². The van der Waals surface area contributed by atoms with Crippen molar-refractivity contribution in [3.8, 4) is 0 Å². The molecule has 0 rings (SSSR count). The van der Waals surface area contributed by atoms with Gasteiger partial charge in [-0.15, -0.1) is 0 Å². The molecule has 0 aromatic rings. The fourth-order valence-corrected chi connectivity index (χ4v) is 1.42. The number of carbonyl (C=O) groups excluding carboxylic acids is 1. The van der Waals surface area contributed by atoms with E-state index in [1.807, 2.05) is 38.2 Å². The van der Waals surface area contributed by atoms with Gasteiger partial charge in [-0.05, 0) is 31.8 Å². The predicted molar refractivity (Wildman–Crippen MR) is 86.5 cm³/mol. The Morgan fingerprint density at radius 2 is 1.85 bits per heavy atom. The second-order valence-electron chi connectivity index (χ2n) is 4.74. The Balaban J connectivity index is 4.51. The molecule has 0 aromatic heterocycles. The first kappa shape index (κ1) is 18.4. The lowest BCUT2D eigenvalue weighted by atomic mass is 10.1. The summed E-state index contributed by atoms with van der Waals surface area (Å²) in [6.07, 6.45) is 13.7. The monoisotopic (exact) mass is 276 g/mol. The predicted octanol–water partition coefficient (Wildman–Crippen LogP) is 4.99. The highest BCUT2D eigenvalue weighted by Crippen LogP contribution is 2.08. The highest BCUT2D eigenvalue weighted by atomic mass is 16.5. The molecular weight excluding hydrogens is 248 g/mol. The quantitative estimate of drug-likeness (QED) is 0.354. The van der Waals surface area contributed by atoms with Crippen molar-refractivity contribution in [2.75, 3.05) is 6.61 Å². The Morgan fingerprint density at radius 3 is 2.35 bits per heavy atom. The number of hydrogen-bond acceptors (Lipinski definition) is 2. The lowest BCUT2D eigenvalue weighted by molar-refractivity contribution is -0.137. The lowest BCUT2D eigenvalue weighted by Crippen LogP contribution is -2.09. The average Bonchev–Trinajstić information content (AvgIpc) is 2.47. The van der Waals surface area contributed by atoms with Crippen molar-refractivity contribution in [2.45, 2.75) is 47.5 Å². The van der Waals surface area contributed by atoms with Crippen LogP contribution in [0.3, 0.4) is 0 Å². The Kier molecular flexibility index (Phi) is 10.4. The van der Waals surface area contributed by atoms with Crippen molar-refractivity contribution in [3.63, 3.8) is 0 Å². The van der Waals surface area contributed by atoms with E-state index in [4.69, 9.17) is 4.74 Å². The van der Waals surface area contributed by atoms with Crippen LogP contribution in [-0.2, 0) is 9.53 Å². The third-order valence-corrected chi connectivity index (χ3v) is 3.10. The number of hydrogen-bond donors (Lipinski definition) is 0. The molecule has 2 nitrogen and oxygen atoms in total. The van der Waals surface area contributed by atoms with Gasteiger partial charge in [-0.2, -0.15) is 0 Å². The van der Waals surface area contributed by atoms with Crippen LogP contribution in [0.5, 0.6) is 0 Å². The highest BCUT2D eigenvalue weighted by Gasteiger charge is 2.07. The molecular formula is C18H28O2. The number of rotatable bonds is 8. The zero-order valence-corrected chi connectivity index (χ0v) is 13.5. The Bertz CT molecular complexity index is 398. The summed E-state index contributed by atoms with van der Waals surface area (Å²) in [5.41, 5.74) is 1.63. The molecule has 0 aromatic carbocycles. The molecule has 0 saturated heterocycles. The van der Waals surface area contributed by atoms with E-state index in [0.29, 0.717) is 18.1 Å². The van der Waals surface area contributed by atoms with Crippen molar-refractivity contribution in [2.24, 2.45) is 5.92 Å². The summed E-state index contributed by atoms with van der Waals surface area (Å²) in [4.78, 5) is 12.0. The minimum atomic E-state index is -0.267. The fraction of sp³-hybridized carbons (Fsp3) is 0.500. The van der Waals surface area contributed by atoms with Crippen molar-refractivity contribution in [1.29, 1.82) is 0 Å². The van der Waals surface area contributed by atoms with Crippen LogP contribution in [-0.4, -0.2) is 12.6 Å². The van der Waals surface area contributed by atoms with Crippen LogP contribution in [0.4, 0.5) is 0 Å². The number of esters is 1. The maximum absolute atomic E-state index is 12.0. The summed E-state index contributed by atoms with van der Waals surface area (Å²) >= 11 is 0. The maximum atomic E-state index is 12.0. The van der Waals surface area contributed by atoms with Gasteiger partial charge in [0.25, 0.3) is 0 Å². The molecule has 0 fully saturated rings. The molecule has 20 heavy (non-hydrogen) atoms. The summed E-state index contributed by atoms with van der Waals surface area (Å²) in [6.45, 7) is 10.4. The molecule has 1 unspecified atom stereocenters. The van der Waals surface area contributed by atoms with Crippen LogP contribution >= 0.6 is 0 Å². The molecule has 0 radical (unpaired) electrons. The Hall–Kier alpha value is -1.57. The van der Waals surface area contributed by atoms with Gasteiger partial charge in [0.2, 0.25) is 0 Å². The van der Waals surface area contributed by atoms with Crippen LogP contribution in [0, 0.1) is 5.92 Å². The number of allylic oxidation sites excluding steroid dienone is 4. The van der Waals surface area contributed by atoms with Crippen molar-refractivity contribution in [3.05, 3.63) is 47.6 Å². The van der Waals surface area contributed by atoms with E-state index in [2.05, 4.69) is 26.8 Å². The normalized spacial score (nSPS) is 15.1. The van der Waals surface area contributed by atoms with Gasteiger partial charge in [-0.1, -0.05) is 63.6 Å². The van der Waals surface area contributed by atoms with Gasteiger partial charge in [0.05, 0.1) is 5.57 Å². The molecule has 0 saturated carbocycles. The van der Waals surface area contributed by atoms with Gasteiger partial charge < -0.3 is 4.74 Å². The van der Waals surface area contributed by atoms with Gasteiger partial charge >= 0.3 is 5.97 Å². The smallest absolute Gasteiger partial charge is 0.338 e. The minimum Gasteiger partial charge on any atom is -0.457 e. The lowest BCUT2D eigenvalue weighted by Gasteiger charge is -2.07. The topological polar surface area (TPSA) is 26.3 Å². The molecule has 0 aliphatic carbocycles. The molecule has 0 spiro atoms. The summed E-state index contributed by atoms with van der Waals surface area (Å²) < 4.78 is 5.33. The second-order valence-corrected chi connectivity index (χ2v) is 4.74. The largest absolute Gasteiger partial charge is 0.457 e. The van der Waals surface area contributed by atoms with E-state index in [0.717, 1.165) is 18.4 Å². The fourth-order valence-electron chi connectivity index (χ4n) is 1.42. The maximum Gasteiger partial charge on any atom is 0.338 e. The third kappa shape index (κ3) is 7.78. The van der Waals surface area contributed by atoms with Crippen LogP contribution < -0.4 is 0 Å². The standard InChI is InChI=1S/C18H28O2/c1-6-10-11-16(8-3)14-20-18(19)17(9-4)13-12-15(5)7-2/h8-13,15H,6-7,14H2,1-5H3/b11-10-,13-12-,16-8+,17-9+. The second kappa shape index (κ2) is 11.3. The molecule has 1 atom stereocenters. The third-order valence-electron chi connectivity index (χ3n) is 3.10. The molecule has 0 bridgehead atoms. The summed E-state index contributed by atoms with van der Waals surface area (Å²) in [6, 6.07) is 0. The zero-order valence-electron chi connectivity index (χ0n) is 13.5. The zero-order chi connectivity index (χ0) is 15.4. The average molecular weight is 276 g/mol. The number of ether oxygens (including phenoxy) is 1. The molecule has 0 aliphatic heterocycles. The van der Waals surface area contributed by atoms with Gasteiger partial charge in [-0.3, -0.25) is 0 Å². The van der Waals surface area contributed by atoms with Crippen molar-refractivity contribution in [1.82, 2.24) is 0 Å². The van der Waals surface area contributed by atoms with E-state index >= 15 is 0 Å².